The van der Waals surface area contributed by atoms with Crippen molar-refractivity contribution in [2.24, 2.45) is 0 Å². The first-order valence-corrected chi connectivity index (χ1v) is 8.07. The summed E-state index contributed by atoms with van der Waals surface area (Å²) in [6.07, 6.45) is -0.881. The number of hydrogen-bond donors (Lipinski definition) is 0. The molecule has 1 heterocycles. The fourth-order valence-corrected chi connectivity index (χ4v) is 3.89. The van der Waals surface area contributed by atoms with Crippen LogP contribution < -0.4 is 0 Å². The van der Waals surface area contributed by atoms with Crippen LogP contribution in [0, 0.1) is 0 Å². The van der Waals surface area contributed by atoms with Crippen LogP contribution in [0.5, 0.6) is 0 Å². The molecule has 0 N–H and O–H groups in total. The molecule has 0 spiro atoms. The van der Waals surface area contributed by atoms with Crippen molar-refractivity contribution in [3.05, 3.63) is 30.3 Å². The predicted molar refractivity (Wildman–Crippen MR) is 85.2 cm³/mol. The lowest BCUT2D eigenvalue weighted by molar-refractivity contribution is -0.229. The van der Waals surface area contributed by atoms with Crippen molar-refractivity contribution in [3.63, 3.8) is 0 Å². The molecule has 1 aliphatic rings. The molecule has 0 radical (unpaired) electrons. The van der Waals surface area contributed by atoms with E-state index >= 15 is 0 Å². The Morgan fingerprint density at radius 3 is 2.09 bits per heavy atom. The Balaban J connectivity index is 2.19. The third kappa shape index (κ3) is 4.01. The van der Waals surface area contributed by atoms with Gasteiger partial charge in [0, 0.05) is 33.3 Å². The van der Waals surface area contributed by atoms with Crippen molar-refractivity contribution >= 4 is 11.8 Å². The Kier molecular flexibility index (Phi) is 7.14. The first-order valence-electron chi connectivity index (χ1n) is 7.19. The number of hydrogen-bond acceptors (Lipinski definition) is 6. The summed E-state index contributed by atoms with van der Waals surface area (Å²) in [5.41, 5.74) is -0.191. The average Bonchev–Trinajstić information content (AvgIpc) is 2.55. The van der Waals surface area contributed by atoms with Gasteiger partial charge >= 0.3 is 0 Å². The lowest BCUT2D eigenvalue weighted by Crippen LogP contribution is -2.59. The van der Waals surface area contributed by atoms with E-state index in [9.17, 15) is 0 Å². The first kappa shape index (κ1) is 17.7. The molecule has 5 atom stereocenters. The van der Waals surface area contributed by atoms with E-state index in [1.165, 1.54) is 0 Å². The SMILES string of the molecule is COC[C@H]1O[C@@H](Sc2ccccc2)[C@@H](OC)[C@@H](OC)[C@@H]1OC. The number of ether oxygens (including phenoxy) is 5. The quantitative estimate of drug-likeness (QED) is 0.765. The highest BCUT2D eigenvalue weighted by atomic mass is 32.2. The molecule has 0 unspecified atom stereocenters. The minimum atomic E-state index is -0.234. The maximum atomic E-state index is 6.18. The lowest BCUT2D eigenvalue weighted by atomic mass is 9.99. The predicted octanol–water partition coefficient (Wildman–Crippen LogP) is 2.20. The highest BCUT2D eigenvalue weighted by Crippen LogP contribution is 2.36. The van der Waals surface area contributed by atoms with Gasteiger partial charge in [0.1, 0.15) is 29.9 Å². The normalized spacial score (nSPS) is 32.1. The van der Waals surface area contributed by atoms with Gasteiger partial charge in [-0.15, -0.1) is 0 Å². The van der Waals surface area contributed by atoms with Crippen LogP contribution in [0.3, 0.4) is 0 Å². The van der Waals surface area contributed by atoms with Crippen LogP contribution in [-0.2, 0) is 23.7 Å². The van der Waals surface area contributed by atoms with Crippen LogP contribution in [0.15, 0.2) is 35.2 Å². The highest BCUT2D eigenvalue weighted by Gasteiger charge is 2.47. The van der Waals surface area contributed by atoms with E-state index in [-0.39, 0.29) is 29.9 Å². The molecule has 1 saturated heterocycles. The molecule has 2 rings (SSSR count). The molecule has 0 amide bonds. The molecule has 124 valence electrons. The standard InChI is InChI=1S/C16H24O5S/c1-17-10-12-13(18-2)14(19-3)15(20-4)16(21-12)22-11-8-6-5-7-9-11/h5-9,12-16H,10H2,1-4H3/t12-,13-,14+,15+,16+/m1/s1. The molecule has 5 nitrogen and oxygen atoms in total. The van der Waals surface area contributed by atoms with Gasteiger partial charge in [0.25, 0.3) is 0 Å². The third-order valence-corrected chi connectivity index (χ3v) is 4.89. The summed E-state index contributed by atoms with van der Waals surface area (Å²) in [7, 11) is 6.64. The van der Waals surface area contributed by atoms with Gasteiger partial charge in [0.15, 0.2) is 0 Å². The van der Waals surface area contributed by atoms with Crippen LogP contribution in [0.1, 0.15) is 0 Å². The molecule has 6 heteroatoms. The first-order chi connectivity index (χ1) is 10.7. The van der Waals surface area contributed by atoms with Crippen molar-refractivity contribution < 1.29 is 23.7 Å². The van der Waals surface area contributed by atoms with Crippen molar-refractivity contribution in [2.75, 3.05) is 35.0 Å². The number of thioether (sulfide) groups is 1. The summed E-state index contributed by atoms with van der Waals surface area (Å²) in [6, 6.07) is 10.1. The van der Waals surface area contributed by atoms with Crippen molar-refractivity contribution in [1.29, 1.82) is 0 Å². The van der Waals surface area contributed by atoms with E-state index in [4.69, 9.17) is 23.7 Å². The summed E-state index contributed by atoms with van der Waals surface area (Å²) in [5, 5.41) is 0. The number of methoxy groups -OCH3 is 4. The van der Waals surface area contributed by atoms with E-state index in [2.05, 4.69) is 12.1 Å². The Hall–Kier alpha value is -0.630. The van der Waals surface area contributed by atoms with Crippen LogP contribution in [-0.4, -0.2) is 64.9 Å². The zero-order valence-electron chi connectivity index (χ0n) is 13.4. The molecular formula is C16H24O5S. The van der Waals surface area contributed by atoms with Gasteiger partial charge in [0.2, 0.25) is 0 Å². The van der Waals surface area contributed by atoms with Crippen molar-refractivity contribution in [2.45, 2.75) is 34.7 Å². The van der Waals surface area contributed by atoms with Crippen molar-refractivity contribution in [3.8, 4) is 0 Å². The minimum absolute atomic E-state index is 0.191. The van der Waals surface area contributed by atoms with Gasteiger partial charge in [-0.25, -0.2) is 0 Å². The second-order valence-corrected chi connectivity index (χ2v) is 6.20. The van der Waals surface area contributed by atoms with Crippen LogP contribution in [0.4, 0.5) is 0 Å². The highest BCUT2D eigenvalue weighted by molar-refractivity contribution is 7.99. The zero-order valence-corrected chi connectivity index (χ0v) is 14.2. The number of rotatable bonds is 7. The summed E-state index contributed by atoms with van der Waals surface area (Å²) >= 11 is 1.62. The molecule has 0 aromatic heterocycles. The summed E-state index contributed by atoms with van der Waals surface area (Å²) in [4.78, 5) is 1.12. The topological polar surface area (TPSA) is 46.2 Å². The molecule has 0 bridgehead atoms. The molecule has 0 saturated carbocycles. The minimum Gasteiger partial charge on any atom is -0.382 e. The van der Waals surface area contributed by atoms with E-state index < -0.39 is 0 Å². The van der Waals surface area contributed by atoms with Gasteiger partial charge in [-0.1, -0.05) is 30.0 Å². The summed E-state index contributed by atoms with van der Waals surface area (Å²) in [5.74, 6) is 0. The van der Waals surface area contributed by atoms with Gasteiger partial charge in [-0.2, -0.15) is 0 Å². The third-order valence-electron chi connectivity index (χ3n) is 3.73. The van der Waals surface area contributed by atoms with Gasteiger partial charge < -0.3 is 23.7 Å². The van der Waals surface area contributed by atoms with E-state index in [0.717, 1.165) is 4.90 Å². The average molecular weight is 328 g/mol. The molecular weight excluding hydrogens is 304 g/mol. The molecule has 22 heavy (non-hydrogen) atoms. The lowest BCUT2D eigenvalue weighted by Gasteiger charge is -2.44. The smallest absolute Gasteiger partial charge is 0.137 e. The van der Waals surface area contributed by atoms with E-state index in [1.807, 2.05) is 18.2 Å². The second-order valence-electron chi connectivity index (χ2n) is 5.03. The Morgan fingerprint density at radius 1 is 0.909 bits per heavy atom. The zero-order chi connectivity index (χ0) is 15.9. The Labute approximate surface area is 136 Å². The molecule has 1 fully saturated rings. The molecule has 1 aliphatic heterocycles. The van der Waals surface area contributed by atoms with Crippen LogP contribution in [0.25, 0.3) is 0 Å². The molecule has 0 aliphatic carbocycles. The van der Waals surface area contributed by atoms with Crippen LogP contribution in [0.2, 0.25) is 0 Å². The fourth-order valence-electron chi connectivity index (χ4n) is 2.71. The Morgan fingerprint density at radius 2 is 1.55 bits per heavy atom. The van der Waals surface area contributed by atoms with Gasteiger partial charge in [-0.05, 0) is 12.1 Å². The largest absolute Gasteiger partial charge is 0.382 e. The van der Waals surface area contributed by atoms with E-state index in [1.54, 1.807) is 40.2 Å². The fraction of sp³-hybridized carbons (Fsp3) is 0.625. The van der Waals surface area contributed by atoms with Gasteiger partial charge in [-0.3, -0.25) is 0 Å². The Bertz CT molecular complexity index is 430. The second kappa shape index (κ2) is 8.86. The number of benzene rings is 1. The molecule has 1 aromatic rings. The van der Waals surface area contributed by atoms with Crippen LogP contribution >= 0.6 is 11.8 Å². The monoisotopic (exact) mass is 328 g/mol. The summed E-state index contributed by atoms with van der Waals surface area (Å²) < 4.78 is 28.3. The maximum absolute atomic E-state index is 6.18. The van der Waals surface area contributed by atoms with Gasteiger partial charge in [0.05, 0.1) is 6.61 Å². The van der Waals surface area contributed by atoms with Crippen molar-refractivity contribution in [1.82, 2.24) is 0 Å². The maximum Gasteiger partial charge on any atom is 0.137 e. The van der Waals surface area contributed by atoms with E-state index in [0.29, 0.717) is 6.61 Å². The molecule has 1 aromatic carbocycles. The summed E-state index contributed by atoms with van der Waals surface area (Å²) in [6.45, 7) is 0.445.